The van der Waals surface area contributed by atoms with Crippen LogP contribution in [-0.4, -0.2) is 60.9 Å². The summed E-state index contributed by atoms with van der Waals surface area (Å²) in [6, 6.07) is 0.787. The molecule has 21 heavy (non-hydrogen) atoms. The molecule has 122 valence electrons. The summed E-state index contributed by atoms with van der Waals surface area (Å²) in [6.07, 6.45) is 5.49. The number of ether oxygens (including phenoxy) is 1. The fraction of sp³-hybridized carbons (Fsp3) is 0.938. The Balaban J connectivity index is 1.61. The van der Waals surface area contributed by atoms with Gasteiger partial charge in [0.25, 0.3) is 0 Å². The van der Waals surface area contributed by atoms with Gasteiger partial charge in [0.2, 0.25) is 0 Å². The Labute approximate surface area is 128 Å². The SMILES string of the molecule is CCOC(=O)C1CCC(O)(CNCCN(C)C2CC2)CC1. The van der Waals surface area contributed by atoms with E-state index in [0.29, 0.717) is 26.0 Å². The monoisotopic (exact) mass is 298 g/mol. The van der Waals surface area contributed by atoms with E-state index < -0.39 is 5.60 Å². The van der Waals surface area contributed by atoms with Gasteiger partial charge in [-0.25, -0.2) is 0 Å². The van der Waals surface area contributed by atoms with Gasteiger partial charge in [0.05, 0.1) is 18.1 Å². The largest absolute Gasteiger partial charge is 0.466 e. The molecule has 5 heteroatoms. The lowest BCUT2D eigenvalue weighted by molar-refractivity contribution is -0.151. The number of carbonyl (C=O) groups excluding carboxylic acids is 1. The van der Waals surface area contributed by atoms with Gasteiger partial charge >= 0.3 is 5.97 Å². The molecule has 0 spiro atoms. The average molecular weight is 298 g/mol. The molecule has 0 atom stereocenters. The van der Waals surface area contributed by atoms with Gasteiger partial charge in [-0.15, -0.1) is 0 Å². The van der Waals surface area contributed by atoms with Crippen LogP contribution in [0.2, 0.25) is 0 Å². The van der Waals surface area contributed by atoms with Gasteiger partial charge in [-0.3, -0.25) is 4.79 Å². The number of aliphatic hydroxyl groups is 1. The fourth-order valence-electron chi connectivity index (χ4n) is 3.10. The molecule has 2 aliphatic rings. The molecule has 2 rings (SSSR count). The predicted molar refractivity (Wildman–Crippen MR) is 82.1 cm³/mol. The lowest BCUT2D eigenvalue weighted by Gasteiger charge is -2.35. The Morgan fingerprint density at radius 3 is 2.57 bits per heavy atom. The molecule has 2 aliphatic carbocycles. The third kappa shape index (κ3) is 5.24. The summed E-state index contributed by atoms with van der Waals surface area (Å²) in [5.74, 6) is -0.121. The maximum Gasteiger partial charge on any atom is 0.308 e. The number of hydrogen-bond donors (Lipinski definition) is 2. The number of nitrogens with zero attached hydrogens (tertiary/aromatic N) is 1. The molecule has 2 saturated carbocycles. The molecule has 0 aromatic carbocycles. The average Bonchev–Trinajstić information content (AvgIpc) is 3.29. The van der Waals surface area contributed by atoms with E-state index >= 15 is 0 Å². The van der Waals surface area contributed by atoms with Gasteiger partial charge in [0.15, 0.2) is 0 Å². The van der Waals surface area contributed by atoms with Gasteiger partial charge in [-0.1, -0.05) is 0 Å². The van der Waals surface area contributed by atoms with Crippen LogP contribution >= 0.6 is 0 Å². The highest BCUT2D eigenvalue weighted by molar-refractivity contribution is 5.72. The third-order valence-corrected chi connectivity index (χ3v) is 4.80. The van der Waals surface area contributed by atoms with Gasteiger partial charge in [-0.2, -0.15) is 0 Å². The normalized spacial score (nSPS) is 29.6. The van der Waals surface area contributed by atoms with E-state index in [0.717, 1.165) is 32.0 Å². The summed E-state index contributed by atoms with van der Waals surface area (Å²) in [7, 11) is 2.17. The van der Waals surface area contributed by atoms with E-state index in [2.05, 4.69) is 17.3 Å². The van der Waals surface area contributed by atoms with Gasteiger partial charge in [0, 0.05) is 25.7 Å². The molecule has 0 aromatic rings. The van der Waals surface area contributed by atoms with E-state index in [-0.39, 0.29) is 11.9 Å². The van der Waals surface area contributed by atoms with Crippen molar-refractivity contribution in [1.29, 1.82) is 0 Å². The first-order valence-electron chi connectivity index (χ1n) is 8.34. The molecular weight excluding hydrogens is 268 g/mol. The number of rotatable bonds is 8. The van der Waals surface area contributed by atoms with E-state index in [9.17, 15) is 9.90 Å². The second kappa shape index (κ2) is 7.56. The second-order valence-electron chi connectivity index (χ2n) is 6.64. The van der Waals surface area contributed by atoms with Crippen molar-refractivity contribution in [3.8, 4) is 0 Å². The molecule has 0 amide bonds. The van der Waals surface area contributed by atoms with Crippen molar-refractivity contribution in [2.75, 3.05) is 33.3 Å². The minimum absolute atomic E-state index is 0.0220. The predicted octanol–water partition coefficient (Wildman–Crippen LogP) is 1.15. The van der Waals surface area contributed by atoms with Crippen LogP contribution in [0.25, 0.3) is 0 Å². The number of esters is 1. The van der Waals surface area contributed by atoms with Crippen LogP contribution < -0.4 is 5.32 Å². The van der Waals surface area contributed by atoms with Crippen LogP contribution in [-0.2, 0) is 9.53 Å². The Morgan fingerprint density at radius 2 is 2.00 bits per heavy atom. The summed E-state index contributed by atoms with van der Waals surface area (Å²) < 4.78 is 5.06. The Bertz CT molecular complexity index is 336. The van der Waals surface area contributed by atoms with E-state index in [1.165, 1.54) is 12.8 Å². The topological polar surface area (TPSA) is 61.8 Å². The third-order valence-electron chi connectivity index (χ3n) is 4.80. The molecule has 2 N–H and O–H groups in total. The Morgan fingerprint density at radius 1 is 1.33 bits per heavy atom. The zero-order chi connectivity index (χ0) is 15.3. The number of hydrogen-bond acceptors (Lipinski definition) is 5. The van der Waals surface area contributed by atoms with Crippen molar-refractivity contribution in [2.24, 2.45) is 5.92 Å². The van der Waals surface area contributed by atoms with E-state index in [4.69, 9.17) is 4.74 Å². The number of nitrogens with one attached hydrogen (secondary N) is 1. The van der Waals surface area contributed by atoms with Crippen molar-refractivity contribution in [3.05, 3.63) is 0 Å². The second-order valence-corrected chi connectivity index (χ2v) is 6.64. The van der Waals surface area contributed by atoms with E-state index in [1.54, 1.807) is 0 Å². The van der Waals surface area contributed by atoms with Crippen LogP contribution in [0.15, 0.2) is 0 Å². The molecular formula is C16H30N2O3. The molecule has 0 aromatic heterocycles. The smallest absolute Gasteiger partial charge is 0.308 e. The summed E-state index contributed by atoms with van der Waals surface area (Å²) in [5.41, 5.74) is -0.652. The summed E-state index contributed by atoms with van der Waals surface area (Å²) in [4.78, 5) is 14.1. The van der Waals surface area contributed by atoms with Crippen molar-refractivity contribution < 1.29 is 14.6 Å². The zero-order valence-electron chi connectivity index (χ0n) is 13.4. The highest BCUT2D eigenvalue weighted by Gasteiger charge is 2.36. The van der Waals surface area contributed by atoms with Gasteiger partial charge in [-0.05, 0) is 52.5 Å². The summed E-state index contributed by atoms with van der Waals surface area (Å²) >= 11 is 0. The van der Waals surface area contributed by atoms with Crippen molar-refractivity contribution in [3.63, 3.8) is 0 Å². The zero-order valence-corrected chi connectivity index (χ0v) is 13.4. The quantitative estimate of drug-likeness (QED) is 0.520. The molecule has 0 unspecified atom stereocenters. The van der Waals surface area contributed by atoms with Crippen LogP contribution in [0.1, 0.15) is 45.4 Å². The van der Waals surface area contributed by atoms with Crippen molar-refractivity contribution >= 4 is 5.97 Å². The highest BCUT2D eigenvalue weighted by atomic mass is 16.5. The number of carbonyl (C=O) groups is 1. The Hall–Kier alpha value is -0.650. The molecule has 5 nitrogen and oxygen atoms in total. The fourth-order valence-corrected chi connectivity index (χ4v) is 3.10. The molecule has 0 saturated heterocycles. The van der Waals surface area contributed by atoms with Crippen LogP contribution in [0, 0.1) is 5.92 Å². The molecule has 2 fully saturated rings. The van der Waals surface area contributed by atoms with Crippen LogP contribution in [0.5, 0.6) is 0 Å². The summed E-state index contributed by atoms with van der Waals surface area (Å²) in [6.45, 7) is 4.85. The van der Waals surface area contributed by atoms with Gasteiger partial charge < -0.3 is 20.1 Å². The van der Waals surface area contributed by atoms with Crippen molar-refractivity contribution in [1.82, 2.24) is 10.2 Å². The standard InChI is InChI=1S/C16H30N2O3/c1-3-21-15(19)13-6-8-16(20,9-7-13)12-17-10-11-18(2)14-4-5-14/h13-14,17,20H,3-12H2,1-2H3. The Kier molecular flexibility index (Phi) is 6.02. The highest BCUT2D eigenvalue weighted by Crippen LogP contribution is 2.32. The maximum atomic E-state index is 11.7. The minimum atomic E-state index is -0.652. The first-order valence-corrected chi connectivity index (χ1v) is 8.34. The lowest BCUT2D eigenvalue weighted by atomic mass is 9.79. The first-order chi connectivity index (χ1) is 10.0. The van der Waals surface area contributed by atoms with Gasteiger partial charge in [0.1, 0.15) is 0 Å². The van der Waals surface area contributed by atoms with Crippen LogP contribution in [0.4, 0.5) is 0 Å². The molecule has 0 bridgehead atoms. The van der Waals surface area contributed by atoms with Crippen molar-refractivity contribution in [2.45, 2.75) is 57.1 Å². The molecule has 0 heterocycles. The van der Waals surface area contributed by atoms with Crippen LogP contribution in [0.3, 0.4) is 0 Å². The number of likely N-dealkylation sites (N-methyl/N-ethyl adjacent to an activating group) is 1. The molecule has 0 aliphatic heterocycles. The lowest BCUT2D eigenvalue weighted by Crippen LogP contribution is -2.46. The molecule has 0 radical (unpaired) electrons. The first kappa shape index (κ1) is 16.7. The summed E-state index contributed by atoms with van der Waals surface area (Å²) in [5, 5.41) is 13.9. The van der Waals surface area contributed by atoms with E-state index in [1.807, 2.05) is 6.92 Å². The maximum absolute atomic E-state index is 11.7. The minimum Gasteiger partial charge on any atom is -0.466 e.